The molecule has 2 fully saturated rings. The first-order chi connectivity index (χ1) is 16.9. The van der Waals surface area contributed by atoms with E-state index in [9.17, 15) is 5.11 Å². The Morgan fingerprint density at radius 3 is 2.54 bits per heavy atom. The number of aryl methyl sites for hydroxylation is 1. The summed E-state index contributed by atoms with van der Waals surface area (Å²) in [5, 5.41) is 18.1. The maximum atomic E-state index is 11.5. The number of benzene rings is 2. The Balaban J connectivity index is 1.18. The van der Waals surface area contributed by atoms with E-state index >= 15 is 0 Å². The molecule has 2 heterocycles. The first-order valence-electron chi connectivity index (χ1n) is 12.3. The Bertz CT molecular complexity index is 1360. The molecule has 35 heavy (non-hydrogen) atoms. The van der Waals surface area contributed by atoms with Crippen molar-refractivity contribution in [1.82, 2.24) is 9.72 Å². The molecule has 0 bridgehead atoms. The van der Waals surface area contributed by atoms with Crippen LogP contribution < -0.4 is 0 Å². The second kappa shape index (κ2) is 8.97. The Morgan fingerprint density at radius 2 is 1.83 bits per heavy atom. The third-order valence-corrected chi connectivity index (χ3v) is 8.24. The van der Waals surface area contributed by atoms with Gasteiger partial charge in [-0.3, -0.25) is 0 Å². The molecule has 6 rings (SSSR count). The number of ether oxygens (including phenoxy) is 1. The summed E-state index contributed by atoms with van der Waals surface area (Å²) in [6, 6.07) is 13.8. The smallest absolute Gasteiger partial charge is 0.145 e. The molecule has 2 saturated carbocycles. The van der Waals surface area contributed by atoms with Crippen molar-refractivity contribution in [3.8, 4) is 11.3 Å². The SMILES string of the molecule is Cn1ccc2ccc([C@]3(O)CC[C@@H](OCc4c(-c5c(Cl)cccc5Cl)noc4C4CC4)CC3)cc21. The first-order valence-corrected chi connectivity index (χ1v) is 13.0. The molecule has 182 valence electrons. The second-order valence-electron chi connectivity index (χ2n) is 9.99. The van der Waals surface area contributed by atoms with Gasteiger partial charge >= 0.3 is 0 Å². The molecule has 1 N–H and O–H groups in total. The summed E-state index contributed by atoms with van der Waals surface area (Å²) in [5.41, 5.74) is 3.60. The molecule has 0 saturated heterocycles. The summed E-state index contributed by atoms with van der Waals surface area (Å²) in [7, 11) is 2.03. The number of nitrogens with zero attached hydrogens (tertiary/aromatic N) is 2. The largest absolute Gasteiger partial charge is 0.385 e. The molecule has 0 radical (unpaired) electrons. The minimum absolute atomic E-state index is 0.0607. The highest BCUT2D eigenvalue weighted by molar-refractivity contribution is 6.39. The number of rotatable bonds is 6. The van der Waals surface area contributed by atoms with Crippen molar-refractivity contribution in [1.29, 1.82) is 0 Å². The van der Waals surface area contributed by atoms with Crippen molar-refractivity contribution in [2.75, 3.05) is 0 Å². The summed E-state index contributed by atoms with van der Waals surface area (Å²) in [4.78, 5) is 0. The Labute approximate surface area is 214 Å². The van der Waals surface area contributed by atoms with Crippen molar-refractivity contribution in [3.05, 3.63) is 75.6 Å². The average molecular weight is 511 g/mol. The fourth-order valence-electron chi connectivity index (χ4n) is 5.33. The van der Waals surface area contributed by atoms with Gasteiger partial charge in [-0.15, -0.1) is 0 Å². The molecule has 7 heteroatoms. The van der Waals surface area contributed by atoms with Gasteiger partial charge in [0.15, 0.2) is 0 Å². The number of aromatic nitrogens is 2. The Kier molecular flexibility index (Phi) is 5.92. The summed E-state index contributed by atoms with van der Waals surface area (Å²) < 4.78 is 14.2. The maximum Gasteiger partial charge on any atom is 0.145 e. The Morgan fingerprint density at radius 1 is 1.09 bits per heavy atom. The molecule has 4 aromatic rings. The third-order valence-electron chi connectivity index (χ3n) is 7.61. The zero-order chi connectivity index (χ0) is 24.2. The fourth-order valence-corrected chi connectivity index (χ4v) is 5.90. The van der Waals surface area contributed by atoms with E-state index in [0.717, 1.165) is 48.1 Å². The zero-order valence-electron chi connectivity index (χ0n) is 19.6. The number of halogens is 2. The van der Waals surface area contributed by atoms with E-state index in [2.05, 4.69) is 34.0 Å². The monoisotopic (exact) mass is 510 g/mol. The van der Waals surface area contributed by atoms with Gasteiger partial charge in [0.2, 0.25) is 0 Å². The van der Waals surface area contributed by atoms with Gasteiger partial charge in [0.25, 0.3) is 0 Å². The van der Waals surface area contributed by atoms with Crippen LogP contribution in [0.15, 0.2) is 53.2 Å². The van der Waals surface area contributed by atoms with Gasteiger partial charge in [-0.2, -0.15) is 0 Å². The highest BCUT2D eigenvalue weighted by Crippen LogP contribution is 2.46. The van der Waals surface area contributed by atoms with Crippen molar-refractivity contribution in [2.24, 2.45) is 7.05 Å². The van der Waals surface area contributed by atoms with Crippen molar-refractivity contribution < 1.29 is 14.4 Å². The van der Waals surface area contributed by atoms with Crippen LogP contribution in [0.1, 0.15) is 61.3 Å². The second-order valence-corrected chi connectivity index (χ2v) is 10.8. The highest BCUT2D eigenvalue weighted by atomic mass is 35.5. The van der Waals surface area contributed by atoms with Crippen LogP contribution in [0.3, 0.4) is 0 Å². The van der Waals surface area contributed by atoms with Gasteiger partial charge in [0.1, 0.15) is 11.5 Å². The number of fused-ring (bicyclic) bond motifs is 1. The van der Waals surface area contributed by atoms with E-state index in [1.807, 2.05) is 31.4 Å². The minimum Gasteiger partial charge on any atom is -0.385 e. The number of hydrogen-bond acceptors (Lipinski definition) is 4. The van der Waals surface area contributed by atoms with Crippen LogP contribution in [0.2, 0.25) is 10.0 Å². The molecule has 2 aromatic heterocycles. The van der Waals surface area contributed by atoms with Crippen molar-refractivity contribution in [3.63, 3.8) is 0 Å². The van der Waals surface area contributed by atoms with E-state index in [4.69, 9.17) is 32.5 Å². The highest BCUT2D eigenvalue weighted by Gasteiger charge is 2.37. The zero-order valence-corrected chi connectivity index (χ0v) is 21.1. The Hall–Kier alpha value is -2.31. The predicted octanol–water partition coefficient (Wildman–Crippen LogP) is 7.36. The molecule has 5 nitrogen and oxygen atoms in total. The van der Waals surface area contributed by atoms with E-state index in [1.54, 1.807) is 0 Å². The summed E-state index contributed by atoms with van der Waals surface area (Å²) in [6.45, 7) is 0.393. The molecule has 0 amide bonds. The average Bonchev–Trinajstić information content (AvgIpc) is 3.52. The van der Waals surface area contributed by atoms with Gasteiger partial charge in [0, 0.05) is 35.8 Å². The summed E-state index contributed by atoms with van der Waals surface area (Å²) in [6.07, 6.45) is 7.20. The lowest BCUT2D eigenvalue weighted by Crippen LogP contribution is -2.34. The standard InChI is InChI=1S/C28H28Cl2N2O3/c1-32-14-11-17-7-8-19(15-24(17)32)28(33)12-9-20(10-13-28)34-16-21-26(31-35-27(21)18-5-6-18)25-22(29)3-2-4-23(25)30/h2-4,7-8,11,14-15,18,20,33H,5-6,9-10,12-13,16H2,1H3/t20-,28+. The molecule has 0 spiro atoms. The van der Waals surface area contributed by atoms with Crippen LogP contribution in [-0.4, -0.2) is 20.9 Å². The maximum absolute atomic E-state index is 11.5. The molecule has 0 unspecified atom stereocenters. The fraction of sp³-hybridized carbons (Fsp3) is 0.393. The van der Waals surface area contributed by atoms with Crippen LogP contribution in [-0.2, 0) is 24.0 Å². The lowest BCUT2D eigenvalue weighted by atomic mass is 9.78. The molecule has 2 aliphatic rings. The summed E-state index contributed by atoms with van der Waals surface area (Å²) >= 11 is 13.0. The predicted molar refractivity (Wildman–Crippen MR) is 138 cm³/mol. The van der Waals surface area contributed by atoms with Gasteiger partial charge in [-0.05, 0) is 73.7 Å². The quantitative estimate of drug-likeness (QED) is 0.294. The topological polar surface area (TPSA) is 60.4 Å². The van der Waals surface area contributed by atoms with Gasteiger partial charge < -0.3 is 18.9 Å². The lowest BCUT2D eigenvalue weighted by molar-refractivity contribution is -0.0640. The van der Waals surface area contributed by atoms with Crippen LogP contribution in [0.4, 0.5) is 0 Å². The van der Waals surface area contributed by atoms with Crippen molar-refractivity contribution in [2.45, 2.75) is 62.8 Å². The van der Waals surface area contributed by atoms with E-state index < -0.39 is 5.60 Å². The molecule has 2 aliphatic carbocycles. The van der Waals surface area contributed by atoms with Crippen LogP contribution >= 0.6 is 23.2 Å². The molecule has 2 aromatic carbocycles. The lowest BCUT2D eigenvalue weighted by Gasteiger charge is -2.36. The first kappa shape index (κ1) is 23.1. The number of hydrogen-bond donors (Lipinski definition) is 1. The van der Waals surface area contributed by atoms with Gasteiger partial charge in [-0.25, -0.2) is 0 Å². The van der Waals surface area contributed by atoms with Gasteiger partial charge in [0.05, 0.1) is 28.4 Å². The normalized spacial score (nSPS) is 22.7. The molecule has 0 aliphatic heterocycles. The van der Waals surface area contributed by atoms with Crippen LogP contribution in [0, 0.1) is 0 Å². The molecular formula is C28H28Cl2N2O3. The van der Waals surface area contributed by atoms with Crippen molar-refractivity contribution >= 4 is 34.1 Å². The molecular weight excluding hydrogens is 483 g/mol. The van der Waals surface area contributed by atoms with E-state index in [1.165, 1.54) is 5.39 Å². The minimum atomic E-state index is -0.828. The molecule has 0 atom stereocenters. The van der Waals surface area contributed by atoms with E-state index in [0.29, 0.717) is 46.7 Å². The van der Waals surface area contributed by atoms with Crippen LogP contribution in [0.5, 0.6) is 0 Å². The number of aliphatic hydroxyl groups is 1. The summed E-state index contributed by atoms with van der Waals surface area (Å²) in [5.74, 6) is 1.28. The van der Waals surface area contributed by atoms with Gasteiger partial charge in [-0.1, -0.05) is 46.6 Å². The van der Waals surface area contributed by atoms with E-state index in [-0.39, 0.29) is 6.10 Å². The third kappa shape index (κ3) is 4.29. The van der Waals surface area contributed by atoms with Crippen LogP contribution in [0.25, 0.3) is 22.2 Å².